The average Bonchev–Trinajstić information content (AvgIpc) is 3.55. The topological polar surface area (TPSA) is 95.6 Å². The van der Waals surface area contributed by atoms with Crippen molar-refractivity contribution in [1.82, 2.24) is 9.99 Å². The van der Waals surface area contributed by atoms with Crippen LogP contribution in [0.15, 0.2) is 73.8 Å². The first-order valence-electron chi connectivity index (χ1n) is 10.5. The summed E-state index contributed by atoms with van der Waals surface area (Å²) in [6.07, 6.45) is 2.07. The van der Waals surface area contributed by atoms with Gasteiger partial charge in [0.15, 0.2) is 5.76 Å². The van der Waals surface area contributed by atoms with E-state index < -0.39 is 0 Å². The van der Waals surface area contributed by atoms with Crippen LogP contribution in [0.4, 0.5) is 0 Å². The lowest BCUT2D eigenvalue weighted by Crippen LogP contribution is -2.28. The summed E-state index contributed by atoms with van der Waals surface area (Å²) in [7, 11) is 0. The van der Waals surface area contributed by atoms with E-state index in [0.717, 1.165) is 22.2 Å². The van der Waals surface area contributed by atoms with Crippen LogP contribution in [0.2, 0.25) is 0 Å². The van der Waals surface area contributed by atoms with Gasteiger partial charge in [-0.25, -0.2) is 9.99 Å². The van der Waals surface area contributed by atoms with Crippen molar-refractivity contribution in [2.24, 2.45) is 5.10 Å². The Morgan fingerprint density at radius 1 is 1.24 bits per heavy atom. The van der Waals surface area contributed by atoms with Crippen LogP contribution in [0, 0.1) is 25.2 Å². The molecule has 7 nitrogen and oxygen atoms in total. The molecule has 0 saturated carbocycles. The van der Waals surface area contributed by atoms with Crippen LogP contribution in [0.3, 0.4) is 0 Å². The molecule has 3 aromatic heterocycles. The van der Waals surface area contributed by atoms with Gasteiger partial charge < -0.3 is 8.83 Å². The molecule has 1 unspecified atom stereocenters. The minimum Gasteiger partial charge on any atom is -0.467 e. The number of amides is 1. The maximum Gasteiger partial charge on any atom is 0.253 e. The van der Waals surface area contributed by atoms with Crippen LogP contribution in [0.5, 0.6) is 0 Å². The monoisotopic (exact) mass is 456 g/mol. The number of aromatic nitrogens is 1. The zero-order valence-corrected chi connectivity index (χ0v) is 18.9. The second-order valence-electron chi connectivity index (χ2n) is 7.83. The summed E-state index contributed by atoms with van der Waals surface area (Å²) in [5.74, 6) is 1.19. The van der Waals surface area contributed by atoms with Gasteiger partial charge in [-0.1, -0.05) is 30.0 Å². The van der Waals surface area contributed by atoms with E-state index in [1.165, 1.54) is 16.8 Å². The van der Waals surface area contributed by atoms with Crippen molar-refractivity contribution in [3.8, 4) is 6.07 Å². The second kappa shape index (κ2) is 8.60. The zero-order valence-electron chi connectivity index (χ0n) is 18.1. The molecule has 5 rings (SSSR count). The first kappa shape index (κ1) is 21.0. The molecule has 0 spiro atoms. The number of carbonyl (C=O) groups excluding carboxylic acids is 1. The van der Waals surface area contributed by atoms with Gasteiger partial charge in [0.05, 0.1) is 17.6 Å². The number of hydrazone groups is 1. The van der Waals surface area contributed by atoms with Gasteiger partial charge in [0, 0.05) is 17.5 Å². The smallest absolute Gasteiger partial charge is 0.253 e. The largest absolute Gasteiger partial charge is 0.467 e. The van der Waals surface area contributed by atoms with Gasteiger partial charge in [-0.15, -0.1) is 0 Å². The maximum atomic E-state index is 13.3. The molecule has 4 heterocycles. The van der Waals surface area contributed by atoms with Crippen LogP contribution in [-0.2, 0) is 4.79 Å². The third-order valence-electron chi connectivity index (χ3n) is 5.50. The van der Waals surface area contributed by atoms with Gasteiger partial charge in [-0.05, 0) is 49.7 Å². The molecular formula is C25H20N4O3S. The first-order chi connectivity index (χ1) is 16.0. The van der Waals surface area contributed by atoms with E-state index in [1.807, 2.05) is 56.3 Å². The number of rotatable bonds is 5. The molecule has 0 N–H and O–H groups in total. The van der Waals surface area contributed by atoms with Gasteiger partial charge in [0.25, 0.3) is 5.91 Å². The van der Waals surface area contributed by atoms with Crippen LogP contribution < -0.4 is 0 Å². The van der Waals surface area contributed by atoms with Crippen LogP contribution in [0.25, 0.3) is 11.0 Å². The SMILES string of the molecule is Cc1cc(C)c(C#N)c(SCC(=O)N2N=C(c3cc4ccccc4o3)CC2c2ccco2)n1. The number of para-hydroxylation sites is 1. The Morgan fingerprint density at radius 3 is 2.85 bits per heavy atom. The highest BCUT2D eigenvalue weighted by Crippen LogP contribution is 2.35. The summed E-state index contributed by atoms with van der Waals surface area (Å²) in [5, 5.41) is 17.1. The van der Waals surface area contributed by atoms with Crippen molar-refractivity contribution in [2.75, 3.05) is 5.75 Å². The van der Waals surface area contributed by atoms with Crippen LogP contribution >= 0.6 is 11.8 Å². The minimum atomic E-state index is -0.362. The summed E-state index contributed by atoms with van der Waals surface area (Å²) in [6, 6.07) is 17.0. The number of pyridine rings is 1. The number of hydrogen-bond acceptors (Lipinski definition) is 7. The van der Waals surface area contributed by atoms with Crippen molar-refractivity contribution >= 4 is 34.3 Å². The van der Waals surface area contributed by atoms with Gasteiger partial charge in [-0.2, -0.15) is 10.4 Å². The van der Waals surface area contributed by atoms with E-state index in [2.05, 4.69) is 16.2 Å². The third-order valence-corrected chi connectivity index (χ3v) is 6.46. The van der Waals surface area contributed by atoms with Crippen molar-refractivity contribution in [1.29, 1.82) is 5.26 Å². The molecule has 0 bridgehead atoms. The Bertz CT molecular complexity index is 1380. The number of furan rings is 2. The van der Waals surface area contributed by atoms with Crippen molar-refractivity contribution < 1.29 is 13.6 Å². The summed E-state index contributed by atoms with van der Waals surface area (Å²) in [4.78, 5) is 17.7. The lowest BCUT2D eigenvalue weighted by molar-refractivity contribution is -0.130. The quantitative estimate of drug-likeness (QED) is 0.374. The Hall–Kier alpha value is -3.83. The summed E-state index contributed by atoms with van der Waals surface area (Å²) < 4.78 is 11.6. The molecule has 4 aromatic rings. The van der Waals surface area contributed by atoms with E-state index in [1.54, 1.807) is 12.3 Å². The maximum absolute atomic E-state index is 13.3. The number of fused-ring (bicyclic) bond motifs is 1. The standard InChI is InChI=1S/C25H20N4O3S/c1-15-10-16(2)27-25(18(15)13-26)33-14-24(30)29-20(22-8-5-9-31-22)12-19(28-29)23-11-17-6-3-4-7-21(17)32-23/h3-11,20H,12,14H2,1-2H3. The molecule has 0 saturated heterocycles. The molecule has 1 atom stereocenters. The van der Waals surface area contributed by atoms with E-state index >= 15 is 0 Å². The summed E-state index contributed by atoms with van der Waals surface area (Å²) >= 11 is 1.25. The highest BCUT2D eigenvalue weighted by molar-refractivity contribution is 8.00. The van der Waals surface area contributed by atoms with Crippen LogP contribution in [0.1, 0.15) is 40.8 Å². The Kier molecular flexibility index (Phi) is 5.48. The van der Waals surface area contributed by atoms with Crippen molar-refractivity contribution in [3.05, 3.63) is 83.1 Å². The van der Waals surface area contributed by atoms with E-state index in [9.17, 15) is 10.1 Å². The molecular weight excluding hydrogens is 436 g/mol. The van der Waals surface area contributed by atoms with Crippen LogP contribution in [-0.4, -0.2) is 27.4 Å². The molecule has 0 fully saturated rings. The number of nitrogens with zero attached hydrogens (tertiary/aromatic N) is 4. The average molecular weight is 457 g/mol. The molecule has 0 aliphatic carbocycles. The van der Waals surface area contributed by atoms with Crippen molar-refractivity contribution in [3.63, 3.8) is 0 Å². The molecule has 1 aliphatic rings. The van der Waals surface area contributed by atoms with Gasteiger partial charge in [-0.3, -0.25) is 4.79 Å². The molecule has 8 heteroatoms. The van der Waals surface area contributed by atoms with E-state index in [0.29, 0.717) is 34.2 Å². The fourth-order valence-corrected chi connectivity index (χ4v) is 4.91. The highest BCUT2D eigenvalue weighted by atomic mass is 32.2. The van der Waals surface area contributed by atoms with E-state index in [-0.39, 0.29) is 17.7 Å². The number of aryl methyl sites for hydroxylation is 2. The Balaban J connectivity index is 1.42. The van der Waals surface area contributed by atoms with Crippen molar-refractivity contribution in [2.45, 2.75) is 31.3 Å². The first-order valence-corrected chi connectivity index (χ1v) is 11.4. The second-order valence-corrected chi connectivity index (χ2v) is 8.79. The molecule has 1 amide bonds. The normalized spacial score (nSPS) is 15.6. The number of hydrogen-bond donors (Lipinski definition) is 0. The fraction of sp³-hybridized carbons (Fsp3) is 0.200. The van der Waals surface area contributed by atoms with Gasteiger partial charge in [0.2, 0.25) is 0 Å². The number of carbonyl (C=O) groups is 1. The van der Waals surface area contributed by atoms with E-state index in [4.69, 9.17) is 8.83 Å². The number of nitriles is 1. The van der Waals surface area contributed by atoms with Gasteiger partial charge >= 0.3 is 0 Å². The molecule has 1 aromatic carbocycles. The Labute approximate surface area is 194 Å². The zero-order chi connectivity index (χ0) is 22.9. The Morgan fingerprint density at radius 2 is 2.09 bits per heavy atom. The minimum absolute atomic E-state index is 0.0959. The fourth-order valence-electron chi connectivity index (χ4n) is 3.95. The number of thioether (sulfide) groups is 1. The molecule has 33 heavy (non-hydrogen) atoms. The molecule has 1 aliphatic heterocycles. The lowest BCUT2D eigenvalue weighted by Gasteiger charge is -2.19. The summed E-state index contributed by atoms with van der Waals surface area (Å²) in [6.45, 7) is 3.74. The third kappa shape index (κ3) is 4.03. The lowest BCUT2D eigenvalue weighted by atomic mass is 10.1. The number of benzene rings is 1. The van der Waals surface area contributed by atoms with Gasteiger partial charge in [0.1, 0.15) is 34.2 Å². The summed E-state index contributed by atoms with van der Waals surface area (Å²) in [5.41, 5.74) is 3.61. The predicted molar refractivity (Wildman–Crippen MR) is 125 cm³/mol. The molecule has 0 radical (unpaired) electrons. The highest BCUT2D eigenvalue weighted by Gasteiger charge is 2.36. The predicted octanol–water partition coefficient (Wildman–Crippen LogP) is 5.38. The molecule has 164 valence electrons.